The number of carboxylic acid groups (broad SMARTS) is 1. The Kier molecular flexibility index (Phi) is 5.02. The van der Waals surface area contributed by atoms with E-state index in [1.165, 1.54) is 21.9 Å². The molecule has 1 heterocycles. The fourth-order valence-electron chi connectivity index (χ4n) is 2.98. The number of alkyl halides is 3. The Balaban J connectivity index is 2.11. The van der Waals surface area contributed by atoms with Crippen LogP contribution in [0, 0.1) is 5.41 Å². The number of carboxylic acids is 1. The van der Waals surface area contributed by atoms with Gasteiger partial charge >= 0.3 is 18.2 Å². The summed E-state index contributed by atoms with van der Waals surface area (Å²) in [5.74, 6) is -1.07. The molecular formula is C17H21F3N2O3. The van der Waals surface area contributed by atoms with Gasteiger partial charge < -0.3 is 14.9 Å². The zero-order valence-corrected chi connectivity index (χ0v) is 14.3. The van der Waals surface area contributed by atoms with Gasteiger partial charge in [0.05, 0.1) is 5.56 Å². The molecule has 1 aliphatic heterocycles. The summed E-state index contributed by atoms with van der Waals surface area (Å²) in [5.41, 5.74) is -0.818. The lowest BCUT2D eigenvalue weighted by molar-refractivity contribution is -0.145. The minimum Gasteiger partial charge on any atom is -0.480 e. The molecule has 0 bridgehead atoms. The molecule has 0 spiro atoms. The van der Waals surface area contributed by atoms with E-state index in [-0.39, 0.29) is 13.1 Å². The normalized spacial score (nSPS) is 17.1. The summed E-state index contributed by atoms with van der Waals surface area (Å²) in [6.07, 6.45) is -4.40. The molecule has 0 saturated carbocycles. The van der Waals surface area contributed by atoms with Crippen LogP contribution in [0.4, 0.5) is 18.0 Å². The van der Waals surface area contributed by atoms with Gasteiger partial charge in [-0.15, -0.1) is 0 Å². The van der Waals surface area contributed by atoms with E-state index in [9.17, 15) is 27.9 Å². The number of benzene rings is 1. The molecule has 1 saturated heterocycles. The molecule has 1 aromatic carbocycles. The second-order valence-corrected chi connectivity index (χ2v) is 7.20. The number of carbonyl (C=O) groups is 2. The summed E-state index contributed by atoms with van der Waals surface area (Å²) in [7, 11) is 0. The SMILES string of the molecule is CC(C)(C)[C@@H](C(=O)O)N1CCN(Cc2ccc(C(F)(F)F)cc2)C1=O. The number of carbonyl (C=O) groups excluding carboxylic acids is 1. The van der Waals surface area contributed by atoms with E-state index in [2.05, 4.69) is 0 Å². The second-order valence-electron chi connectivity index (χ2n) is 7.20. The van der Waals surface area contributed by atoms with E-state index in [0.717, 1.165) is 12.1 Å². The molecule has 1 N–H and O–H groups in total. The van der Waals surface area contributed by atoms with Gasteiger partial charge in [0.25, 0.3) is 0 Å². The predicted molar refractivity (Wildman–Crippen MR) is 84.8 cm³/mol. The smallest absolute Gasteiger partial charge is 0.416 e. The summed E-state index contributed by atoms with van der Waals surface area (Å²) >= 11 is 0. The highest BCUT2D eigenvalue weighted by Crippen LogP contribution is 2.30. The number of hydrogen-bond donors (Lipinski definition) is 1. The van der Waals surface area contributed by atoms with E-state index in [4.69, 9.17) is 0 Å². The van der Waals surface area contributed by atoms with E-state index in [1.807, 2.05) is 0 Å². The highest BCUT2D eigenvalue weighted by molar-refractivity contribution is 5.84. The van der Waals surface area contributed by atoms with Crippen LogP contribution in [0.5, 0.6) is 0 Å². The summed E-state index contributed by atoms with van der Waals surface area (Å²) in [5, 5.41) is 9.45. The van der Waals surface area contributed by atoms with Gasteiger partial charge in [0.2, 0.25) is 0 Å². The highest BCUT2D eigenvalue weighted by atomic mass is 19.4. The summed E-state index contributed by atoms with van der Waals surface area (Å²) in [6, 6.07) is 3.24. The lowest BCUT2D eigenvalue weighted by atomic mass is 9.86. The molecule has 5 nitrogen and oxygen atoms in total. The van der Waals surface area contributed by atoms with Crippen molar-refractivity contribution in [3.8, 4) is 0 Å². The van der Waals surface area contributed by atoms with Crippen molar-refractivity contribution in [3.05, 3.63) is 35.4 Å². The number of hydrogen-bond acceptors (Lipinski definition) is 2. The molecule has 0 radical (unpaired) electrons. The average Bonchev–Trinajstić information content (AvgIpc) is 2.78. The molecule has 1 aliphatic rings. The van der Waals surface area contributed by atoms with E-state index in [1.54, 1.807) is 20.8 Å². The molecule has 8 heteroatoms. The lowest BCUT2D eigenvalue weighted by Crippen LogP contribution is -2.50. The first-order valence-electron chi connectivity index (χ1n) is 7.86. The van der Waals surface area contributed by atoms with Gasteiger partial charge in [-0.25, -0.2) is 9.59 Å². The Morgan fingerprint density at radius 3 is 2.16 bits per heavy atom. The number of nitrogens with zero attached hydrogens (tertiary/aromatic N) is 2. The first-order valence-corrected chi connectivity index (χ1v) is 7.86. The van der Waals surface area contributed by atoms with Crippen molar-refractivity contribution in [3.63, 3.8) is 0 Å². The average molecular weight is 358 g/mol. The van der Waals surface area contributed by atoms with Crippen molar-refractivity contribution in [2.75, 3.05) is 13.1 Å². The standard InChI is InChI=1S/C17H21F3N2O3/c1-16(2,3)13(14(23)24)22-9-8-21(15(22)25)10-11-4-6-12(7-5-11)17(18,19)20/h4-7,13H,8-10H2,1-3H3,(H,23,24)/t13-/m1/s1. The van der Waals surface area contributed by atoms with Crippen LogP contribution in [0.1, 0.15) is 31.9 Å². The summed E-state index contributed by atoms with van der Waals surface area (Å²) in [4.78, 5) is 26.9. The van der Waals surface area contributed by atoms with E-state index >= 15 is 0 Å². The van der Waals surface area contributed by atoms with Crippen LogP contribution in [0.25, 0.3) is 0 Å². The van der Waals surface area contributed by atoms with Gasteiger partial charge in [-0.3, -0.25) is 0 Å². The molecule has 0 aliphatic carbocycles. The van der Waals surface area contributed by atoms with Gasteiger partial charge in [0.15, 0.2) is 0 Å². The molecule has 0 aromatic heterocycles. The third-order valence-electron chi connectivity index (χ3n) is 4.15. The lowest BCUT2D eigenvalue weighted by Gasteiger charge is -2.34. The topological polar surface area (TPSA) is 60.9 Å². The van der Waals surface area contributed by atoms with Crippen molar-refractivity contribution in [1.82, 2.24) is 9.80 Å². The Hall–Kier alpha value is -2.25. The molecule has 1 aromatic rings. The minimum absolute atomic E-state index is 0.143. The molecule has 2 amide bonds. The third-order valence-corrected chi connectivity index (χ3v) is 4.15. The van der Waals surface area contributed by atoms with Gasteiger partial charge in [-0.2, -0.15) is 13.2 Å². The molecular weight excluding hydrogens is 337 g/mol. The minimum atomic E-state index is -4.40. The monoisotopic (exact) mass is 358 g/mol. The number of halogens is 3. The maximum atomic E-state index is 12.6. The van der Waals surface area contributed by atoms with Crippen LogP contribution in [-0.2, 0) is 17.5 Å². The number of amides is 2. The fourth-order valence-corrected chi connectivity index (χ4v) is 2.98. The van der Waals surface area contributed by atoms with Crippen LogP contribution in [0.15, 0.2) is 24.3 Å². The zero-order valence-electron chi connectivity index (χ0n) is 14.3. The molecule has 1 fully saturated rings. The van der Waals surface area contributed by atoms with E-state index < -0.39 is 35.2 Å². The van der Waals surface area contributed by atoms with Crippen LogP contribution < -0.4 is 0 Å². The summed E-state index contributed by atoms with van der Waals surface area (Å²) < 4.78 is 37.8. The molecule has 0 unspecified atom stereocenters. The Morgan fingerprint density at radius 1 is 1.16 bits per heavy atom. The Bertz CT molecular complexity index is 651. The van der Waals surface area contributed by atoms with Crippen molar-refractivity contribution >= 4 is 12.0 Å². The third kappa shape index (κ3) is 4.24. The van der Waals surface area contributed by atoms with Crippen molar-refractivity contribution < 1.29 is 27.9 Å². The van der Waals surface area contributed by atoms with Crippen molar-refractivity contribution in [2.45, 2.75) is 39.5 Å². The number of urea groups is 1. The predicted octanol–water partition coefficient (Wildman–Crippen LogP) is 3.44. The molecule has 25 heavy (non-hydrogen) atoms. The van der Waals surface area contributed by atoms with Crippen LogP contribution in [0.2, 0.25) is 0 Å². The summed E-state index contributed by atoms with van der Waals surface area (Å²) in [6.45, 7) is 5.99. The highest BCUT2D eigenvalue weighted by Gasteiger charge is 2.43. The van der Waals surface area contributed by atoms with Crippen LogP contribution in [-0.4, -0.2) is 46.0 Å². The van der Waals surface area contributed by atoms with E-state index in [0.29, 0.717) is 12.1 Å². The van der Waals surface area contributed by atoms with Gasteiger partial charge in [0.1, 0.15) is 6.04 Å². The van der Waals surface area contributed by atoms with Crippen molar-refractivity contribution in [1.29, 1.82) is 0 Å². The van der Waals surface area contributed by atoms with Gasteiger partial charge in [-0.05, 0) is 23.1 Å². The number of aliphatic carboxylic acids is 1. The maximum Gasteiger partial charge on any atom is 0.416 e. The molecule has 2 rings (SSSR count). The fraction of sp³-hybridized carbons (Fsp3) is 0.529. The largest absolute Gasteiger partial charge is 0.480 e. The molecule has 138 valence electrons. The maximum absolute atomic E-state index is 12.6. The Labute approximate surface area is 144 Å². The first-order chi connectivity index (χ1) is 11.4. The Morgan fingerprint density at radius 2 is 1.72 bits per heavy atom. The van der Waals surface area contributed by atoms with Gasteiger partial charge in [0, 0.05) is 19.6 Å². The van der Waals surface area contributed by atoms with Crippen LogP contribution >= 0.6 is 0 Å². The first kappa shape index (κ1) is 19.1. The second kappa shape index (κ2) is 6.57. The van der Waals surface area contributed by atoms with Gasteiger partial charge in [-0.1, -0.05) is 32.9 Å². The van der Waals surface area contributed by atoms with Crippen molar-refractivity contribution in [2.24, 2.45) is 5.41 Å². The van der Waals surface area contributed by atoms with Crippen LogP contribution in [0.3, 0.4) is 0 Å². The quantitative estimate of drug-likeness (QED) is 0.897. The number of rotatable bonds is 4. The molecule has 1 atom stereocenters. The zero-order chi connectivity index (χ0) is 19.0.